The number of hydrogen-bond acceptors (Lipinski definition) is 6. The maximum Gasteiger partial charge on any atom is 0.215 e. The smallest absolute Gasteiger partial charge is 0.215 e. The topological polar surface area (TPSA) is 99.0 Å². The van der Waals surface area contributed by atoms with Crippen molar-refractivity contribution in [3.8, 4) is 6.07 Å². The van der Waals surface area contributed by atoms with Gasteiger partial charge in [0, 0.05) is 20.6 Å². The molecule has 0 bridgehead atoms. The van der Waals surface area contributed by atoms with Gasteiger partial charge in [0.2, 0.25) is 10.0 Å². The number of rotatable bonds is 5. The molecule has 0 unspecified atom stereocenters. The van der Waals surface area contributed by atoms with E-state index in [0.717, 1.165) is 4.31 Å². The molecule has 17 heavy (non-hydrogen) atoms. The molecule has 0 spiro atoms. The first-order chi connectivity index (χ1) is 7.97. The molecule has 0 saturated carbocycles. The quantitative estimate of drug-likeness (QED) is 0.772. The Morgan fingerprint density at radius 2 is 2.24 bits per heavy atom. The molecule has 1 aromatic rings. The van der Waals surface area contributed by atoms with E-state index in [0.29, 0.717) is 11.4 Å². The molecule has 1 aromatic heterocycles. The number of nitrogens with zero attached hydrogens (tertiary/aromatic N) is 4. The second kappa shape index (κ2) is 5.56. The van der Waals surface area contributed by atoms with E-state index in [1.54, 1.807) is 0 Å². The van der Waals surface area contributed by atoms with E-state index in [1.807, 2.05) is 6.07 Å². The lowest BCUT2D eigenvalue weighted by Gasteiger charge is -2.11. The van der Waals surface area contributed by atoms with Gasteiger partial charge in [-0.3, -0.25) is 0 Å². The summed E-state index contributed by atoms with van der Waals surface area (Å²) < 4.78 is 24.1. The average Bonchev–Trinajstić information content (AvgIpc) is 2.29. The van der Waals surface area contributed by atoms with E-state index in [-0.39, 0.29) is 12.3 Å². The van der Waals surface area contributed by atoms with Crippen molar-refractivity contribution in [2.24, 2.45) is 0 Å². The van der Waals surface area contributed by atoms with E-state index in [4.69, 9.17) is 5.26 Å². The summed E-state index contributed by atoms with van der Waals surface area (Å²) in [7, 11) is -0.307. The van der Waals surface area contributed by atoms with Gasteiger partial charge in [0.15, 0.2) is 5.82 Å². The lowest BCUT2D eigenvalue weighted by Crippen LogP contribution is -2.28. The van der Waals surface area contributed by atoms with Crippen molar-refractivity contribution < 1.29 is 8.42 Å². The van der Waals surface area contributed by atoms with Gasteiger partial charge in [0.25, 0.3) is 0 Å². The van der Waals surface area contributed by atoms with Crippen LogP contribution in [0.5, 0.6) is 0 Å². The molecule has 1 heterocycles. The molecule has 1 rings (SSSR count). The third-order valence-corrected chi connectivity index (χ3v) is 3.88. The fourth-order valence-corrected chi connectivity index (χ4v) is 1.76. The van der Waals surface area contributed by atoms with Crippen LogP contribution in [0.25, 0.3) is 0 Å². The first kappa shape index (κ1) is 13.3. The van der Waals surface area contributed by atoms with Crippen LogP contribution in [0, 0.1) is 11.3 Å². The number of hydrogen-bond donors (Lipinski definition) is 1. The second-order valence-corrected chi connectivity index (χ2v) is 5.73. The molecule has 0 radical (unpaired) electrons. The van der Waals surface area contributed by atoms with E-state index in [1.165, 1.54) is 26.4 Å². The second-order valence-electron chi connectivity index (χ2n) is 3.43. The van der Waals surface area contributed by atoms with Crippen LogP contribution in [0.2, 0.25) is 0 Å². The van der Waals surface area contributed by atoms with Gasteiger partial charge in [-0.15, -0.1) is 5.10 Å². The van der Waals surface area contributed by atoms with Crippen LogP contribution in [0.4, 0.5) is 5.82 Å². The zero-order chi connectivity index (χ0) is 12.9. The standard InChI is InChI=1S/C9H13N5O2S/c1-14(2)17(15,16)6-5-11-9-8(7-10)3-4-12-13-9/h3-4H,5-6H2,1-2H3,(H,11,13). The van der Waals surface area contributed by atoms with Crippen molar-refractivity contribution in [1.29, 1.82) is 5.26 Å². The number of nitriles is 1. The van der Waals surface area contributed by atoms with Crippen molar-refractivity contribution in [2.75, 3.05) is 31.7 Å². The summed E-state index contributed by atoms with van der Waals surface area (Å²) in [5, 5.41) is 18.9. The van der Waals surface area contributed by atoms with Gasteiger partial charge in [0.05, 0.1) is 17.5 Å². The van der Waals surface area contributed by atoms with Gasteiger partial charge in [-0.05, 0) is 6.07 Å². The van der Waals surface area contributed by atoms with Gasteiger partial charge < -0.3 is 5.32 Å². The predicted molar refractivity (Wildman–Crippen MR) is 62.7 cm³/mol. The van der Waals surface area contributed by atoms with Crippen molar-refractivity contribution >= 4 is 15.8 Å². The number of aromatic nitrogens is 2. The Balaban J connectivity index is 2.61. The van der Waals surface area contributed by atoms with Crippen LogP contribution in [-0.4, -0.2) is 49.3 Å². The Bertz CT molecular complexity index is 520. The van der Waals surface area contributed by atoms with Crippen molar-refractivity contribution in [1.82, 2.24) is 14.5 Å². The highest BCUT2D eigenvalue weighted by Gasteiger charge is 2.13. The van der Waals surface area contributed by atoms with Gasteiger partial charge in [-0.2, -0.15) is 10.4 Å². The molecule has 8 heteroatoms. The highest BCUT2D eigenvalue weighted by atomic mass is 32.2. The summed E-state index contributed by atoms with van der Waals surface area (Å²) in [6, 6.07) is 3.45. The minimum atomic E-state index is -3.25. The molecule has 92 valence electrons. The SMILES string of the molecule is CN(C)S(=O)(=O)CCNc1nnccc1C#N. The van der Waals surface area contributed by atoms with Gasteiger partial charge >= 0.3 is 0 Å². The van der Waals surface area contributed by atoms with Crippen LogP contribution < -0.4 is 5.32 Å². The lowest BCUT2D eigenvalue weighted by molar-refractivity contribution is 0.521. The minimum Gasteiger partial charge on any atom is -0.366 e. The summed E-state index contributed by atoms with van der Waals surface area (Å²) in [4.78, 5) is 0. The Kier molecular flexibility index (Phi) is 4.37. The molecule has 1 N–H and O–H groups in total. The summed E-state index contributed by atoms with van der Waals surface area (Å²) in [6.45, 7) is 0.174. The Morgan fingerprint density at radius 3 is 2.82 bits per heavy atom. The van der Waals surface area contributed by atoms with E-state index < -0.39 is 10.0 Å². The van der Waals surface area contributed by atoms with Gasteiger partial charge in [-0.1, -0.05) is 0 Å². The third kappa shape index (κ3) is 3.65. The molecule has 0 fully saturated rings. The normalized spacial score (nSPS) is 11.2. The molecule has 0 atom stereocenters. The molecule has 0 amide bonds. The third-order valence-electron chi connectivity index (χ3n) is 2.05. The van der Waals surface area contributed by atoms with E-state index >= 15 is 0 Å². The molecular formula is C9H13N5O2S. The molecule has 0 aliphatic carbocycles. The monoisotopic (exact) mass is 255 g/mol. The molecule has 0 aliphatic rings. The predicted octanol–water partition coefficient (Wildman–Crippen LogP) is -0.348. The van der Waals surface area contributed by atoms with Crippen LogP contribution in [0.1, 0.15) is 5.56 Å². The van der Waals surface area contributed by atoms with Crippen molar-refractivity contribution in [3.63, 3.8) is 0 Å². The Morgan fingerprint density at radius 1 is 1.53 bits per heavy atom. The number of anilines is 1. The molecule has 0 aromatic carbocycles. The van der Waals surface area contributed by atoms with Gasteiger partial charge in [-0.25, -0.2) is 12.7 Å². The van der Waals surface area contributed by atoms with Crippen LogP contribution in [0.15, 0.2) is 12.3 Å². The van der Waals surface area contributed by atoms with E-state index in [2.05, 4.69) is 15.5 Å². The first-order valence-electron chi connectivity index (χ1n) is 4.83. The fraction of sp³-hybridized carbons (Fsp3) is 0.444. The zero-order valence-corrected chi connectivity index (χ0v) is 10.4. The maximum atomic E-state index is 11.5. The van der Waals surface area contributed by atoms with Crippen LogP contribution in [0.3, 0.4) is 0 Å². The highest BCUT2D eigenvalue weighted by molar-refractivity contribution is 7.89. The molecule has 0 aliphatic heterocycles. The maximum absolute atomic E-state index is 11.5. The first-order valence-corrected chi connectivity index (χ1v) is 6.44. The van der Waals surface area contributed by atoms with Crippen LogP contribution >= 0.6 is 0 Å². The summed E-state index contributed by atoms with van der Waals surface area (Å²) in [5.74, 6) is 0.227. The minimum absolute atomic E-state index is 0.0680. The average molecular weight is 255 g/mol. The number of sulfonamides is 1. The highest BCUT2D eigenvalue weighted by Crippen LogP contribution is 2.07. The molecular weight excluding hydrogens is 242 g/mol. The molecule has 7 nitrogen and oxygen atoms in total. The molecule has 0 saturated heterocycles. The van der Waals surface area contributed by atoms with Crippen LogP contribution in [-0.2, 0) is 10.0 Å². The summed E-state index contributed by atoms with van der Waals surface area (Å²) >= 11 is 0. The zero-order valence-electron chi connectivity index (χ0n) is 9.58. The fourth-order valence-electron chi connectivity index (χ4n) is 1.03. The van der Waals surface area contributed by atoms with Crippen molar-refractivity contribution in [3.05, 3.63) is 17.8 Å². The lowest BCUT2D eigenvalue weighted by atomic mass is 10.3. The van der Waals surface area contributed by atoms with Crippen molar-refractivity contribution in [2.45, 2.75) is 0 Å². The van der Waals surface area contributed by atoms with E-state index in [9.17, 15) is 8.42 Å². The summed E-state index contributed by atoms with van der Waals surface area (Å²) in [6.07, 6.45) is 1.40. The Labute approximate surface area is 100 Å². The largest absolute Gasteiger partial charge is 0.366 e. The number of nitrogens with one attached hydrogen (secondary N) is 1. The van der Waals surface area contributed by atoms with Gasteiger partial charge in [0.1, 0.15) is 6.07 Å². The Hall–Kier alpha value is -1.72. The summed E-state index contributed by atoms with van der Waals surface area (Å²) in [5.41, 5.74) is 0.335.